The van der Waals surface area contributed by atoms with Crippen molar-refractivity contribution in [2.75, 3.05) is 6.54 Å². The molecule has 7 heteroatoms. The zero-order valence-corrected chi connectivity index (χ0v) is 17.5. The smallest absolute Gasteiger partial charge is 0.264 e. The first kappa shape index (κ1) is 20.1. The normalized spacial score (nSPS) is 12.0. The zero-order valence-electron chi connectivity index (χ0n) is 16.6. The Bertz CT molecular complexity index is 921. The van der Waals surface area contributed by atoms with Crippen LogP contribution in [0.3, 0.4) is 0 Å². The van der Waals surface area contributed by atoms with E-state index in [0.717, 1.165) is 21.8 Å². The molecule has 0 aliphatic carbocycles. The summed E-state index contributed by atoms with van der Waals surface area (Å²) in [6.07, 6.45) is 0.0210. The second kappa shape index (κ2) is 9.01. The number of rotatable bonds is 8. The lowest BCUT2D eigenvalue weighted by Crippen LogP contribution is -2.41. The number of thiophene rings is 1. The van der Waals surface area contributed by atoms with Gasteiger partial charge in [0.25, 0.3) is 5.91 Å². The van der Waals surface area contributed by atoms with E-state index in [1.165, 1.54) is 0 Å². The molecule has 0 saturated carbocycles. The van der Waals surface area contributed by atoms with Crippen LogP contribution in [0.15, 0.2) is 40.2 Å². The fourth-order valence-electron chi connectivity index (χ4n) is 2.83. The number of ether oxygens (including phenoxy) is 1. The molecule has 0 bridgehead atoms. The Morgan fingerprint density at radius 3 is 2.79 bits per heavy atom. The van der Waals surface area contributed by atoms with Crippen LogP contribution in [-0.4, -0.2) is 33.6 Å². The molecular formula is C21H25N3O3S. The van der Waals surface area contributed by atoms with Crippen molar-refractivity contribution in [3.05, 3.63) is 52.7 Å². The Balaban J connectivity index is 1.71. The van der Waals surface area contributed by atoms with E-state index in [1.54, 1.807) is 16.2 Å². The summed E-state index contributed by atoms with van der Waals surface area (Å²) in [6, 6.07) is 9.88. The summed E-state index contributed by atoms with van der Waals surface area (Å²) in [5, 5.41) is 5.98. The lowest BCUT2D eigenvalue weighted by atomic mass is 10.1. The molecule has 0 radical (unpaired) electrons. The van der Waals surface area contributed by atoms with Crippen LogP contribution in [0.25, 0.3) is 10.7 Å². The molecule has 3 aromatic rings. The third-order valence-electron chi connectivity index (χ3n) is 4.49. The van der Waals surface area contributed by atoms with Crippen molar-refractivity contribution in [3.8, 4) is 16.5 Å². The fourth-order valence-corrected chi connectivity index (χ4v) is 3.48. The SMILES string of the molecule is CC[C@H](Oc1cc(C)ccc1C)C(=O)N(CC)Cc1nc(-c2cccs2)no1. The molecule has 0 unspecified atom stereocenters. The average Bonchev–Trinajstić information content (AvgIpc) is 3.37. The molecule has 3 rings (SSSR count). The minimum absolute atomic E-state index is 0.0817. The molecule has 1 amide bonds. The minimum atomic E-state index is -0.555. The summed E-state index contributed by atoms with van der Waals surface area (Å²) < 4.78 is 11.4. The molecule has 148 valence electrons. The first-order valence-corrected chi connectivity index (χ1v) is 10.3. The maximum atomic E-state index is 13.1. The van der Waals surface area contributed by atoms with Crippen LogP contribution in [0.2, 0.25) is 0 Å². The monoisotopic (exact) mass is 399 g/mol. The van der Waals surface area contributed by atoms with Gasteiger partial charge in [0.1, 0.15) is 12.3 Å². The number of benzene rings is 1. The van der Waals surface area contributed by atoms with Crippen LogP contribution >= 0.6 is 11.3 Å². The highest BCUT2D eigenvalue weighted by Gasteiger charge is 2.26. The van der Waals surface area contributed by atoms with Crippen molar-refractivity contribution in [1.82, 2.24) is 15.0 Å². The topological polar surface area (TPSA) is 68.5 Å². The number of hydrogen-bond donors (Lipinski definition) is 0. The summed E-state index contributed by atoms with van der Waals surface area (Å²) in [7, 11) is 0. The van der Waals surface area contributed by atoms with Crippen LogP contribution in [0.4, 0.5) is 0 Å². The first-order chi connectivity index (χ1) is 13.5. The zero-order chi connectivity index (χ0) is 20.1. The van der Waals surface area contributed by atoms with Gasteiger partial charge in [-0.15, -0.1) is 11.3 Å². The van der Waals surface area contributed by atoms with Crippen molar-refractivity contribution in [3.63, 3.8) is 0 Å². The van der Waals surface area contributed by atoms with E-state index in [9.17, 15) is 4.79 Å². The van der Waals surface area contributed by atoms with Crippen molar-refractivity contribution in [2.24, 2.45) is 0 Å². The van der Waals surface area contributed by atoms with E-state index in [4.69, 9.17) is 9.26 Å². The molecule has 28 heavy (non-hydrogen) atoms. The molecule has 2 aromatic heterocycles. The molecule has 0 spiro atoms. The van der Waals surface area contributed by atoms with Gasteiger partial charge < -0.3 is 14.2 Å². The van der Waals surface area contributed by atoms with E-state index in [-0.39, 0.29) is 12.5 Å². The number of amides is 1. The minimum Gasteiger partial charge on any atom is -0.480 e. The summed E-state index contributed by atoms with van der Waals surface area (Å²) >= 11 is 1.55. The molecule has 2 heterocycles. The highest BCUT2D eigenvalue weighted by Crippen LogP contribution is 2.23. The molecule has 0 fully saturated rings. The number of carbonyl (C=O) groups excluding carboxylic acids is 1. The highest BCUT2D eigenvalue weighted by molar-refractivity contribution is 7.13. The van der Waals surface area contributed by atoms with Crippen molar-refractivity contribution >= 4 is 17.2 Å². The van der Waals surface area contributed by atoms with Crippen molar-refractivity contribution in [2.45, 2.75) is 46.8 Å². The van der Waals surface area contributed by atoms with Gasteiger partial charge >= 0.3 is 0 Å². The molecule has 0 aliphatic rings. The third kappa shape index (κ3) is 4.59. The molecule has 6 nitrogen and oxygen atoms in total. The largest absolute Gasteiger partial charge is 0.480 e. The second-order valence-corrected chi connectivity index (χ2v) is 7.57. The number of hydrogen-bond acceptors (Lipinski definition) is 6. The van der Waals surface area contributed by atoms with E-state index in [1.807, 2.05) is 63.4 Å². The van der Waals surface area contributed by atoms with Gasteiger partial charge in [0.15, 0.2) is 6.10 Å². The third-order valence-corrected chi connectivity index (χ3v) is 5.35. The Morgan fingerprint density at radius 1 is 1.29 bits per heavy atom. The van der Waals surface area contributed by atoms with E-state index in [2.05, 4.69) is 10.1 Å². The summed E-state index contributed by atoms with van der Waals surface area (Å²) in [4.78, 5) is 20.1. The van der Waals surface area contributed by atoms with Gasteiger partial charge in [0.05, 0.1) is 4.88 Å². The van der Waals surface area contributed by atoms with Crippen molar-refractivity contribution < 1.29 is 14.1 Å². The maximum Gasteiger partial charge on any atom is 0.264 e. The van der Waals surface area contributed by atoms with Crippen LogP contribution < -0.4 is 4.74 Å². The lowest BCUT2D eigenvalue weighted by molar-refractivity contribution is -0.139. The van der Waals surface area contributed by atoms with E-state index < -0.39 is 6.10 Å². The number of aryl methyl sites for hydroxylation is 2. The number of carbonyl (C=O) groups is 1. The van der Waals surface area contributed by atoms with Gasteiger partial charge in [0, 0.05) is 6.54 Å². The first-order valence-electron chi connectivity index (χ1n) is 9.41. The summed E-state index contributed by atoms with van der Waals surface area (Å²) in [5.74, 6) is 1.63. The van der Waals surface area contributed by atoms with Gasteiger partial charge in [-0.3, -0.25) is 4.79 Å². The molecule has 0 N–H and O–H groups in total. The van der Waals surface area contributed by atoms with Gasteiger partial charge in [-0.25, -0.2) is 0 Å². The van der Waals surface area contributed by atoms with E-state index >= 15 is 0 Å². The summed E-state index contributed by atoms with van der Waals surface area (Å²) in [5.41, 5.74) is 2.11. The summed E-state index contributed by atoms with van der Waals surface area (Å²) in [6.45, 7) is 8.66. The van der Waals surface area contributed by atoms with Gasteiger partial charge in [0.2, 0.25) is 11.7 Å². The Kier molecular flexibility index (Phi) is 6.46. The van der Waals surface area contributed by atoms with Gasteiger partial charge in [-0.2, -0.15) is 4.98 Å². The van der Waals surface area contributed by atoms with Crippen molar-refractivity contribution in [1.29, 1.82) is 0 Å². The van der Waals surface area contributed by atoms with Crippen LogP contribution in [0.1, 0.15) is 37.3 Å². The van der Waals surface area contributed by atoms with Gasteiger partial charge in [-0.05, 0) is 55.8 Å². The van der Waals surface area contributed by atoms with E-state index in [0.29, 0.717) is 24.7 Å². The molecule has 1 atom stereocenters. The molecular weight excluding hydrogens is 374 g/mol. The standard InChI is InChI=1S/C21H25N3O3S/c1-5-16(26-17-12-14(3)9-10-15(17)4)21(25)24(6-2)13-19-22-20(23-27-19)18-8-7-11-28-18/h7-12,16H,5-6,13H2,1-4H3/t16-/m0/s1. The fraction of sp³-hybridized carbons (Fsp3) is 0.381. The van der Waals surface area contributed by atoms with Gasteiger partial charge in [-0.1, -0.05) is 30.3 Å². The number of likely N-dealkylation sites (N-methyl/N-ethyl adjacent to an activating group) is 1. The lowest BCUT2D eigenvalue weighted by Gasteiger charge is -2.25. The number of aromatic nitrogens is 2. The number of nitrogens with zero attached hydrogens (tertiary/aromatic N) is 3. The predicted octanol–water partition coefficient (Wildman–Crippen LogP) is 4.62. The molecule has 0 saturated heterocycles. The Labute approximate surface area is 169 Å². The van der Waals surface area contributed by atoms with Crippen LogP contribution in [0.5, 0.6) is 5.75 Å². The molecule has 0 aliphatic heterocycles. The average molecular weight is 400 g/mol. The van der Waals surface area contributed by atoms with Crippen LogP contribution in [0, 0.1) is 13.8 Å². The quantitative estimate of drug-likeness (QED) is 0.553. The molecule has 1 aromatic carbocycles. The predicted molar refractivity (Wildman–Crippen MR) is 109 cm³/mol. The maximum absolute atomic E-state index is 13.1. The Hall–Kier alpha value is -2.67. The Morgan fingerprint density at radius 2 is 2.11 bits per heavy atom. The highest BCUT2D eigenvalue weighted by atomic mass is 32.1. The second-order valence-electron chi connectivity index (χ2n) is 6.63. The van der Waals surface area contributed by atoms with Crippen LogP contribution in [-0.2, 0) is 11.3 Å².